The maximum atomic E-state index is 12.0. The van der Waals surface area contributed by atoms with Crippen LogP contribution >= 0.6 is 0 Å². The molecule has 0 unspecified atom stereocenters. The van der Waals surface area contributed by atoms with E-state index in [9.17, 15) is 20.2 Å². The number of ether oxygens (including phenoxy) is 1. The molecule has 1 heterocycles. The van der Waals surface area contributed by atoms with Gasteiger partial charge in [0.1, 0.15) is 5.75 Å². The second-order valence-electron chi connectivity index (χ2n) is 5.67. The van der Waals surface area contributed by atoms with Crippen molar-refractivity contribution in [1.82, 2.24) is 4.98 Å². The molecular formula is C21H13N3O4. The third-order valence-electron chi connectivity index (χ3n) is 3.81. The minimum absolute atomic E-state index is 0.0409. The van der Waals surface area contributed by atoms with Crippen molar-refractivity contribution in [3.63, 3.8) is 0 Å². The van der Waals surface area contributed by atoms with E-state index in [1.165, 1.54) is 30.5 Å². The monoisotopic (exact) mass is 371 g/mol. The van der Waals surface area contributed by atoms with Gasteiger partial charge in [0.25, 0.3) is 5.69 Å². The molecule has 0 saturated heterocycles. The SMILES string of the molecule is N#C/C(=C\c1ccc(OC(=O)c2cccnc2)cc1)c1ccc([N+](=O)[O-])cc1. The summed E-state index contributed by atoms with van der Waals surface area (Å²) in [5.41, 5.74) is 1.95. The summed E-state index contributed by atoms with van der Waals surface area (Å²) in [5.74, 6) is -0.153. The molecule has 7 heteroatoms. The van der Waals surface area contributed by atoms with Gasteiger partial charge < -0.3 is 4.74 Å². The molecule has 0 bridgehead atoms. The van der Waals surface area contributed by atoms with Gasteiger partial charge in [0.15, 0.2) is 0 Å². The van der Waals surface area contributed by atoms with Crippen LogP contribution in [0.2, 0.25) is 0 Å². The molecule has 0 aliphatic carbocycles. The van der Waals surface area contributed by atoms with Gasteiger partial charge in [0, 0.05) is 24.5 Å². The lowest BCUT2D eigenvalue weighted by Crippen LogP contribution is -2.08. The van der Waals surface area contributed by atoms with Gasteiger partial charge in [0.2, 0.25) is 0 Å². The summed E-state index contributed by atoms with van der Waals surface area (Å²) in [6, 6.07) is 17.7. The van der Waals surface area contributed by atoms with Crippen LogP contribution in [-0.4, -0.2) is 15.9 Å². The lowest BCUT2D eigenvalue weighted by atomic mass is 10.0. The van der Waals surface area contributed by atoms with Crippen LogP contribution in [0.1, 0.15) is 21.5 Å². The van der Waals surface area contributed by atoms with E-state index in [2.05, 4.69) is 11.1 Å². The van der Waals surface area contributed by atoms with Crippen LogP contribution in [0.25, 0.3) is 11.6 Å². The third-order valence-corrected chi connectivity index (χ3v) is 3.81. The molecule has 0 N–H and O–H groups in total. The van der Waals surface area contributed by atoms with Gasteiger partial charge >= 0.3 is 5.97 Å². The number of allylic oxidation sites excluding steroid dienone is 1. The molecule has 3 rings (SSSR count). The van der Waals surface area contributed by atoms with E-state index >= 15 is 0 Å². The van der Waals surface area contributed by atoms with Crippen LogP contribution in [-0.2, 0) is 0 Å². The summed E-state index contributed by atoms with van der Waals surface area (Å²) in [5, 5.41) is 20.1. The van der Waals surface area contributed by atoms with Gasteiger partial charge in [-0.25, -0.2) is 4.79 Å². The quantitative estimate of drug-likeness (QED) is 0.166. The maximum Gasteiger partial charge on any atom is 0.345 e. The number of hydrogen-bond acceptors (Lipinski definition) is 6. The molecule has 2 aromatic carbocycles. The molecule has 0 spiro atoms. The first-order valence-electron chi connectivity index (χ1n) is 8.16. The first-order valence-corrected chi connectivity index (χ1v) is 8.16. The van der Waals surface area contributed by atoms with Crippen molar-refractivity contribution in [2.75, 3.05) is 0 Å². The highest BCUT2D eigenvalue weighted by molar-refractivity contribution is 5.91. The highest BCUT2D eigenvalue weighted by Crippen LogP contribution is 2.22. The molecule has 0 aliphatic rings. The van der Waals surface area contributed by atoms with Gasteiger partial charge in [-0.3, -0.25) is 15.1 Å². The van der Waals surface area contributed by atoms with Gasteiger partial charge in [-0.1, -0.05) is 12.1 Å². The van der Waals surface area contributed by atoms with E-state index in [1.807, 2.05) is 0 Å². The number of carbonyl (C=O) groups is 1. The fourth-order valence-corrected chi connectivity index (χ4v) is 2.39. The van der Waals surface area contributed by atoms with Crippen molar-refractivity contribution in [3.8, 4) is 11.8 Å². The first-order chi connectivity index (χ1) is 13.6. The number of rotatable bonds is 5. The Morgan fingerprint density at radius 3 is 2.36 bits per heavy atom. The summed E-state index contributed by atoms with van der Waals surface area (Å²) < 4.78 is 5.28. The molecule has 0 fully saturated rings. The van der Waals surface area contributed by atoms with Gasteiger partial charge in [-0.15, -0.1) is 0 Å². The summed E-state index contributed by atoms with van der Waals surface area (Å²) in [4.78, 5) is 26.1. The number of nitriles is 1. The number of carbonyl (C=O) groups excluding carboxylic acids is 1. The molecule has 0 atom stereocenters. The van der Waals surface area contributed by atoms with Crippen LogP contribution in [0.3, 0.4) is 0 Å². The van der Waals surface area contributed by atoms with Gasteiger partial charge in [-0.05, 0) is 53.6 Å². The Hall–Kier alpha value is -4.31. The Kier molecular flexibility index (Phi) is 5.53. The molecule has 1 aromatic heterocycles. The highest BCUT2D eigenvalue weighted by atomic mass is 16.6. The zero-order valence-corrected chi connectivity index (χ0v) is 14.5. The van der Waals surface area contributed by atoms with Gasteiger partial charge in [-0.2, -0.15) is 5.26 Å². The van der Waals surface area contributed by atoms with Crippen molar-refractivity contribution in [1.29, 1.82) is 5.26 Å². The summed E-state index contributed by atoms with van der Waals surface area (Å²) in [6.07, 6.45) is 4.63. The minimum Gasteiger partial charge on any atom is -0.423 e. The van der Waals surface area contributed by atoms with Crippen LogP contribution < -0.4 is 4.74 Å². The number of aromatic nitrogens is 1. The number of esters is 1. The molecule has 28 heavy (non-hydrogen) atoms. The van der Waals surface area contributed by atoms with Crippen molar-refractivity contribution in [3.05, 3.63) is 99.9 Å². The number of non-ortho nitro benzene ring substituents is 1. The van der Waals surface area contributed by atoms with E-state index in [-0.39, 0.29) is 5.69 Å². The van der Waals surface area contributed by atoms with Crippen LogP contribution in [0, 0.1) is 21.4 Å². The molecule has 0 saturated carbocycles. The van der Waals surface area contributed by atoms with E-state index < -0.39 is 10.9 Å². The molecule has 0 amide bonds. The zero-order valence-electron chi connectivity index (χ0n) is 14.5. The Morgan fingerprint density at radius 2 is 1.79 bits per heavy atom. The zero-order chi connectivity index (χ0) is 19.9. The average molecular weight is 371 g/mol. The number of hydrogen-bond donors (Lipinski definition) is 0. The van der Waals surface area contributed by atoms with Crippen molar-refractivity contribution < 1.29 is 14.5 Å². The van der Waals surface area contributed by atoms with E-state index in [0.717, 1.165) is 5.56 Å². The number of nitro benzene ring substituents is 1. The van der Waals surface area contributed by atoms with Crippen LogP contribution in [0.15, 0.2) is 73.1 Å². The molecular weight excluding hydrogens is 358 g/mol. The molecule has 7 nitrogen and oxygen atoms in total. The standard InChI is InChI=1S/C21H13N3O4/c22-13-18(16-5-7-19(8-6-16)24(26)27)12-15-3-9-20(10-4-15)28-21(25)17-2-1-11-23-14-17/h1-12,14H/b18-12+. The van der Waals surface area contributed by atoms with E-state index in [1.54, 1.807) is 48.7 Å². The maximum absolute atomic E-state index is 12.0. The number of nitrogens with zero attached hydrogens (tertiary/aromatic N) is 3. The third kappa shape index (κ3) is 4.45. The Labute approximate surface area is 160 Å². The Morgan fingerprint density at radius 1 is 1.07 bits per heavy atom. The smallest absolute Gasteiger partial charge is 0.345 e. The van der Waals surface area contributed by atoms with E-state index in [4.69, 9.17) is 4.74 Å². The second-order valence-corrected chi connectivity index (χ2v) is 5.67. The molecule has 0 aliphatic heterocycles. The average Bonchev–Trinajstić information content (AvgIpc) is 2.74. The Balaban J connectivity index is 1.75. The predicted octanol–water partition coefficient (Wildman–Crippen LogP) is 4.27. The topological polar surface area (TPSA) is 106 Å². The first kappa shape index (κ1) is 18.5. The number of pyridine rings is 1. The molecule has 0 radical (unpaired) electrons. The van der Waals surface area contributed by atoms with Crippen molar-refractivity contribution in [2.24, 2.45) is 0 Å². The molecule has 3 aromatic rings. The normalized spacial score (nSPS) is 10.8. The Bertz CT molecular complexity index is 1070. The van der Waals surface area contributed by atoms with Crippen LogP contribution in [0.4, 0.5) is 5.69 Å². The van der Waals surface area contributed by atoms with Crippen molar-refractivity contribution in [2.45, 2.75) is 0 Å². The summed E-state index contributed by atoms with van der Waals surface area (Å²) >= 11 is 0. The highest BCUT2D eigenvalue weighted by Gasteiger charge is 2.09. The van der Waals surface area contributed by atoms with E-state index in [0.29, 0.717) is 22.4 Å². The van der Waals surface area contributed by atoms with Crippen LogP contribution in [0.5, 0.6) is 5.75 Å². The van der Waals surface area contributed by atoms with Gasteiger partial charge in [0.05, 0.1) is 22.1 Å². The lowest BCUT2D eigenvalue weighted by molar-refractivity contribution is -0.384. The summed E-state index contributed by atoms with van der Waals surface area (Å²) in [7, 11) is 0. The fourth-order valence-electron chi connectivity index (χ4n) is 2.39. The largest absolute Gasteiger partial charge is 0.423 e. The summed E-state index contributed by atoms with van der Waals surface area (Å²) in [6.45, 7) is 0. The number of benzene rings is 2. The fraction of sp³-hybridized carbons (Fsp3) is 0. The number of nitro groups is 1. The lowest BCUT2D eigenvalue weighted by Gasteiger charge is -2.05. The minimum atomic E-state index is -0.514. The van der Waals surface area contributed by atoms with Crippen molar-refractivity contribution >= 4 is 23.3 Å². The second kappa shape index (κ2) is 8.38. The predicted molar refractivity (Wildman–Crippen MR) is 102 cm³/mol. The molecule has 136 valence electrons.